The lowest BCUT2D eigenvalue weighted by Gasteiger charge is -2.11. The summed E-state index contributed by atoms with van der Waals surface area (Å²) in [5.41, 5.74) is 5.76. The van der Waals surface area contributed by atoms with Crippen molar-refractivity contribution in [3.63, 3.8) is 0 Å². The molecular weight excluding hydrogens is 961 g/mol. The second-order valence-corrected chi connectivity index (χ2v) is 18.9. The first kappa shape index (κ1) is 55.5. The Balaban J connectivity index is 0.882. The summed E-state index contributed by atoms with van der Waals surface area (Å²) in [6.07, 6.45) is 19.8. The van der Waals surface area contributed by atoms with Crippen LogP contribution < -0.4 is 18.9 Å². The molecule has 0 saturated carbocycles. The molecule has 0 saturated heterocycles. The summed E-state index contributed by atoms with van der Waals surface area (Å²) in [7, 11) is 0. The third-order valence-electron chi connectivity index (χ3n) is 13.1. The minimum absolute atomic E-state index is 0.0985. The minimum Gasteiger partial charge on any atom is -0.423 e. The smallest absolute Gasteiger partial charge is 0.346 e. The maximum Gasteiger partial charge on any atom is 0.346 e. The number of rotatable bonds is 26. The first-order chi connectivity index (χ1) is 37.0. The lowest BCUT2D eigenvalue weighted by atomic mass is 10.00. The summed E-state index contributed by atoms with van der Waals surface area (Å²) in [5.74, 6) is -6.81. The molecule has 0 fully saturated rings. The van der Waals surface area contributed by atoms with Crippen molar-refractivity contribution in [1.29, 1.82) is 5.26 Å². The molecule has 0 spiro atoms. The molecule has 0 aliphatic carbocycles. The van der Waals surface area contributed by atoms with Gasteiger partial charge in [0.1, 0.15) is 34.6 Å². The summed E-state index contributed by atoms with van der Waals surface area (Å²) < 4.78 is 52.2. The van der Waals surface area contributed by atoms with E-state index >= 15 is 8.78 Å². The number of ether oxygens (including phenoxy) is 4. The van der Waals surface area contributed by atoms with Crippen LogP contribution in [-0.2, 0) is 12.8 Å². The maximum atomic E-state index is 15.3. The molecule has 0 bridgehead atoms. The molecule has 0 N–H and O–H groups in total. The molecule has 7 aromatic rings. The van der Waals surface area contributed by atoms with Crippen LogP contribution in [0.15, 0.2) is 152 Å². The van der Waals surface area contributed by atoms with Crippen molar-refractivity contribution in [3.05, 3.63) is 202 Å². The van der Waals surface area contributed by atoms with Crippen molar-refractivity contribution in [2.75, 3.05) is 0 Å². The van der Waals surface area contributed by atoms with E-state index in [1.807, 2.05) is 30.3 Å². The fourth-order valence-electron chi connectivity index (χ4n) is 8.76. The number of esters is 4. The molecule has 7 aromatic carbocycles. The molecule has 0 unspecified atom stereocenters. The van der Waals surface area contributed by atoms with E-state index in [9.17, 15) is 24.4 Å². The van der Waals surface area contributed by atoms with E-state index in [1.165, 1.54) is 113 Å². The van der Waals surface area contributed by atoms with Crippen molar-refractivity contribution in [2.45, 2.75) is 117 Å². The van der Waals surface area contributed by atoms with Gasteiger partial charge in [0.2, 0.25) is 0 Å². The van der Waals surface area contributed by atoms with Gasteiger partial charge in [-0.1, -0.05) is 164 Å². The zero-order valence-corrected chi connectivity index (χ0v) is 43.2. The summed E-state index contributed by atoms with van der Waals surface area (Å²) in [6.45, 7) is 4.45. The molecule has 0 aromatic heterocycles. The van der Waals surface area contributed by atoms with E-state index in [4.69, 9.17) is 18.9 Å². The van der Waals surface area contributed by atoms with E-state index in [0.29, 0.717) is 0 Å². The first-order valence-corrected chi connectivity index (χ1v) is 26.4. The molecule has 7 rings (SSSR count). The molecule has 0 aliphatic rings. The van der Waals surface area contributed by atoms with E-state index in [0.717, 1.165) is 77.6 Å². The first-order valence-electron chi connectivity index (χ1n) is 26.4. The normalized spacial score (nSPS) is 10.9. The van der Waals surface area contributed by atoms with Crippen molar-refractivity contribution in [2.24, 2.45) is 0 Å². The summed E-state index contributed by atoms with van der Waals surface area (Å²) >= 11 is 0. The highest BCUT2D eigenvalue weighted by Crippen LogP contribution is 2.29. The van der Waals surface area contributed by atoms with Gasteiger partial charge in [-0.05, 0) is 120 Å². The standard InChI is InChI=1S/C65H63F2NO8/c1-3-5-7-9-11-13-15-17-45-19-23-48(24-20-45)50-27-31-52(32-28-50)62(69)73-54-35-37-58(60(66)42-54)64(71)75-56-39-47(44-68)40-57(41-56)76-65(72)59-38-36-55(43-61(59)67)74-63(70)53-33-29-51(30-34-53)49-25-21-46(22-26-49)18-16-14-12-10-8-6-4-2/h19-43H,3-18H2,1-2H3. The largest absolute Gasteiger partial charge is 0.423 e. The van der Waals surface area contributed by atoms with Crippen LogP contribution in [0.2, 0.25) is 0 Å². The van der Waals surface area contributed by atoms with Crippen molar-refractivity contribution < 1.29 is 46.9 Å². The molecule has 11 heteroatoms. The van der Waals surface area contributed by atoms with Crippen LogP contribution in [0.5, 0.6) is 23.0 Å². The van der Waals surface area contributed by atoms with Gasteiger partial charge in [0.25, 0.3) is 0 Å². The van der Waals surface area contributed by atoms with Crippen molar-refractivity contribution in [1.82, 2.24) is 0 Å². The Hall–Kier alpha value is -8.23. The highest BCUT2D eigenvalue weighted by molar-refractivity contribution is 5.95. The molecule has 0 radical (unpaired) electrons. The second-order valence-electron chi connectivity index (χ2n) is 18.9. The van der Waals surface area contributed by atoms with Crippen LogP contribution in [0.25, 0.3) is 22.3 Å². The van der Waals surface area contributed by atoms with E-state index in [1.54, 1.807) is 24.3 Å². The molecule has 0 amide bonds. The number of hydrogen-bond donors (Lipinski definition) is 0. The number of nitrogens with zero attached hydrogens (tertiary/aromatic N) is 1. The molecular formula is C65H63F2NO8. The van der Waals surface area contributed by atoms with Gasteiger partial charge in [0.15, 0.2) is 0 Å². The lowest BCUT2D eigenvalue weighted by molar-refractivity contribution is 0.0720. The Labute approximate surface area is 444 Å². The molecule has 76 heavy (non-hydrogen) atoms. The number of hydrogen-bond acceptors (Lipinski definition) is 9. The Bertz CT molecular complexity index is 2910. The van der Waals surface area contributed by atoms with Crippen LogP contribution in [0, 0.1) is 23.0 Å². The van der Waals surface area contributed by atoms with E-state index < -0.39 is 46.6 Å². The predicted molar refractivity (Wildman–Crippen MR) is 291 cm³/mol. The van der Waals surface area contributed by atoms with Gasteiger partial charge in [-0.2, -0.15) is 5.26 Å². The van der Waals surface area contributed by atoms with Gasteiger partial charge in [0, 0.05) is 18.2 Å². The van der Waals surface area contributed by atoms with Crippen LogP contribution in [-0.4, -0.2) is 23.9 Å². The minimum atomic E-state index is -1.17. The second kappa shape index (κ2) is 28.4. The van der Waals surface area contributed by atoms with Gasteiger partial charge in [0.05, 0.1) is 33.9 Å². The number of nitriles is 1. The SMILES string of the molecule is CCCCCCCCCc1ccc(-c2ccc(C(=O)Oc3ccc(C(=O)Oc4cc(C#N)cc(OC(=O)c5ccc(OC(=O)c6ccc(-c7ccc(CCCCCCCCC)cc7)cc6)cc5F)c4)c(F)c3)cc2)cc1. The van der Waals surface area contributed by atoms with E-state index in [2.05, 4.69) is 62.4 Å². The average Bonchev–Trinajstić information content (AvgIpc) is 3.43. The molecule has 0 aliphatic heterocycles. The van der Waals surface area contributed by atoms with Gasteiger partial charge in [-0.15, -0.1) is 0 Å². The summed E-state index contributed by atoms with van der Waals surface area (Å²) in [6, 6.07) is 42.1. The summed E-state index contributed by atoms with van der Waals surface area (Å²) in [4.78, 5) is 52.3. The topological polar surface area (TPSA) is 129 Å². The predicted octanol–water partition coefficient (Wildman–Crippen LogP) is 16.6. The van der Waals surface area contributed by atoms with Crippen LogP contribution in [0.1, 0.15) is 162 Å². The Morgan fingerprint density at radius 1 is 0.382 bits per heavy atom. The highest BCUT2D eigenvalue weighted by Gasteiger charge is 2.21. The third-order valence-corrected chi connectivity index (χ3v) is 13.1. The maximum absolute atomic E-state index is 15.3. The number of carbonyl (C=O) groups excluding carboxylic acids is 4. The zero-order valence-electron chi connectivity index (χ0n) is 43.2. The van der Waals surface area contributed by atoms with Gasteiger partial charge < -0.3 is 18.9 Å². The highest BCUT2D eigenvalue weighted by atomic mass is 19.1. The molecule has 0 atom stereocenters. The molecule has 0 heterocycles. The number of aryl methyl sites for hydroxylation is 2. The number of unbranched alkanes of at least 4 members (excludes halogenated alkanes) is 12. The average molecular weight is 1020 g/mol. The zero-order chi connectivity index (χ0) is 53.7. The fourth-order valence-corrected chi connectivity index (χ4v) is 8.76. The van der Waals surface area contributed by atoms with Crippen molar-refractivity contribution >= 4 is 23.9 Å². The Kier molecular flexibility index (Phi) is 20.8. The monoisotopic (exact) mass is 1020 g/mol. The Morgan fingerprint density at radius 3 is 1.05 bits per heavy atom. The van der Waals surface area contributed by atoms with Crippen LogP contribution in [0.4, 0.5) is 8.78 Å². The lowest BCUT2D eigenvalue weighted by Crippen LogP contribution is -2.14. The van der Waals surface area contributed by atoms with Gasteiger partial charge in [-0.25, -0.2) is 28.0 Å². The summed E-state index contributed by atoms with van der Waals surface area (Å²) in [5, 5.41) is 9.67. The molecule has 390 valence electrons. The van der Waals surface area contributed by atoms with E-state index in [-0.39, 0.29) is 39.7 Å². The van der Waals surface area contributed by atoms with Crippen LogP contribution >= 0.6 is 0 Å². The van der Waals surface area contributed by atoms with Crippen LogP contribution in [0.3, 0.4) is 0 Å². The van der Waals surface area contributed by atoms with Gasteiger partial charge in [-0.3, -0.25) is 0 Å². The van der Waals surface area contributed by atoms with Gasteiger partial charge >= 0.3 is 23.9 Å². The number of benzene rings is 7. The Morgan fingerprint density at radius 2 is 0.711 bits per heavy atom. The fraction of sp³-hybridized carbons (Fsp3) is 0.277. The molecule has 9 nitrogen and oxygen atoms in total. The van der Waals surface area contributed by atoms with Crippen molar-refractivity contribution in [3.8, 4) is 51.3 Å². The number of carbonyl (C=O) groups is 4. The third kappa shape index (κ3) is 16.4. The number of halogens is 2. The quantitative estimate of drug-likeness (QED) is 0.0296.